The van der Waals surface area contributed by atoms with E-state index in [1.165, 1.54) is 0 Å². The van der Waals surface area contributed by atoms with Gasteiger partial charge in [0.05, 0.1) is 6.61 Å². The van der Waals surface area contributed by atoms with Gasteiger partial charge in [-0.15, -0.1) is 0 Å². The molecular formula is C13H20N2O2. The third-order valence-electron chi connectivity index (χ3n) is 2.36. The summed E-state index contributed by atoms with van der Waals surface area (Å²) in [6.45, 7) is 3.66. The minimum absolute atomic E-state index is 0.000557. The summed E-state index contributed by atoms with van der Waals surface area (Å²) in [5, 5.41) is 2.88. The highest BCUT2D eigenvalue weighted by Gasteiger charge is 2.05. The zero-order valence-corrected chi connectivity index (χ0v) is 10.2. The van der Waals surface area contributed by atoms with Crippen LogP contribution in [0.25, 0.3) is 0 Å². The van der Waals surface area contributed by atoms with Gasteiger partial charge in [-0.25, -0.2) is 0 Å². The maximum atomic E-state index is 11.6. The molecule has 0 atom stereocenters. The van der Waals surface area contributed by atoms with E-state index in [0.29, 0.717) is 32.6 Å². The van der Waals surface area contributed by atoms with E-state index in [9.17, 15) is 4.79 Å². The van der Waals surface area contributed by atoms with Crippen LogP contribution in [0.4, 0.5) is 5.69 Å². The van der Waals surface area contributed by atoms with Crippen LogP contribution in [0.2, 0.25) is 0 Å². The monoisotopic (exact) mass is 236 g/mol. The summed E-state index contributed by atoms with van der Waals surface area (Å²) < 4.78 is 5.35. The number of nitrogens with two attached hydrogens (primary N) is 1. The fourth-order valence-electron chi connectivity index (χ4n) is 1.46. The van der Waals surface area contributed by atoms with Crippen molar-refractivity contribution < 1.29 is 9.53 Å². The van der Waals surface area contributed by atoms with Gasteiger partial charge >= 0.3 is 0 Å². The Labute approximate surface area is 102 Å². The minimum atomic E-state index is -0.000557. The molecule has 0 spiro atoms. The normalized spacial score (nSPS) is 10.2. The first kappa shape index (κ1) is 13.7. The molecule has 0 saturated heterocycles. The number of anilines is 1. The Kier molecular flexibility index (Phi) is 6.29. The van der Waals surface area contributed by atoms with Crippen molar-refractivity contribution in [3.8, 4) is 0 Å². The summed E-state index contributed by atoms with van der Waals surface area (Å²) in [4.78, 5) is 11.6. The standard InChI is InChI=1S/C13H20N2O2/c1-2-17-10-11-6-3-4-7-12(11)15-13(16)8-5-9-14/h3-4,6-7H,2,5,8-10,14H2,1H3,(H,15,16). The van der Waals surface area contributed by atoms with Crippen molar-refractivity contribution in [3.63, 3.8) is 0 Å². The topological polar surface area (TPSA) is 64.3 Å². The van der Waals surface area contributed by atoms with Gasteiger partial charge in [0.1, 0.15) is 0 Å². The Morgan fingerprint density at radius 2 is 2.18 bits per heavy atom. The molecule has 0 aliphatic heterocycles. The van der Waals surface area contributed by atoms with E-state index in [1.54, 1.807) is 0 Å². The van der Waals surface area contributed by atoms with Gasteiger partial charge in [0.2, 0.25) is 5.91 Å². The molecular weight excluding hydrogens is 216 g/mol. The van der Waals surface area contributed by atoms with Crippen LogP contribution in [0.1, 0.15) is 25.3 Å². The fraction of sp³-hybridized carbons (Fsp3) is 0.462. The van der Waals surface area contributed by atoms with Crippen LogP contribution >= 0.6 is 0 Å². The van der Waals surface area contributed by atoms with Crippen LogP contribution < -0.4 is 11.1 Å². The van der Waals surface area contributed by atoms with Gasteiger partial charge in [-0.05, 0) is 26.0 Å². The highest BCUT2D eigenvalue weighted by atomic mass is 16.5. The van der Waals surface area contributed by atoms with Crippen molar-refractivity contribution in [2.24, 2.45) is 5.73 Å². The van der Waals surface area contributed by atoms with E-state index < -0.39 is 0 Å². The number of amides is 1. The summed E-state index contributed by atoms with van der Waals surface area (Å²) in [6.07, 6.45) is 1.17. The van der Waals surface area contributed by atoms with Crippen molar-refractivity contribution in [3.05, 3.63) is 29.8 Å². The second kappa shape index (κ2) is 7.81. The van der Waals surface area contributed by atoms with Crippen LogP contribution in [-0.4, -0.2) is 19.1 Å². The molecule has 94 valence electrons. The van der Waals surface area contributed by atoms with Crippen molar-refractivity contribution in [2.45, 2.75) is 26.4 Å². The number of rotatable bonds is 7. The molecule has 0 bridgehead atoms. The molecule has 17 heavy (non-hydrogen) atoms. The molecule has 0 heterocycles. The predicted octanol–water partition coefficient (Wildman–Crippen LogP) is 1.90. The summed E-state index contributed by atoms with van der Waals surface area (Å²) in [5.41, 5.74) is 7.18. The third-order valence-corrected chi connectivity index (χ3v) is 2.36. The van der Waals surface area contributed by atoms with Gasteiger partial charge in [-0.1, -0.05) is 18.2 Å². The maximum Gasteiger partial charge on any atom is 0.224 e. The average molecular weight is 236 g/mol. The van der Waals surface area contributed by atoms with E-state index in [-0.39, 0.29) is 5.91 Å². The zero-order valence-electron chi connectivity index (χ0n) is 10.2. The lowest BCUT2D eigenvalue weighted by atomic mass is 10.2. The molecule has 0 radical (unpaired) electrons. The average Bonchev–Trinajstić information content (AvgIpc) is 2.35. The first-order valence-corrected chi connectivity index (χ1v) is 5.93. The third kappa shape index (κ3) is 4.97. The number of nitrogens with one attached hydrogen (secondary N) is 1. The number of hydrogen-bond donors (Lipinski definition) is 2. The van der Waals surface area contributed by atoms with Crippen molar-refractivity contribution in [2.75, 3.05) is 18.5 Å². The molecule has 0 fully saturated rings. The van der Waals surface area contributed by atoms with Gasteiger partial charge in [0.15, 0.2) is 0 Å². The molecule has 0 aromatic heterocycles. The number of carbonyl (C=O) groups excluding carboxylic acids is 1. The second-order valence-electron chi connectivity index (χ2n) is 3.73. The van der Waals surface area contributed by atoms with Crippen molar-refractivity contribution >= 4 is 11.6 Å². The Morgan fingerprint density at radius 3 is 2.88 bits per heavy atom. The number of benzene rings is 1. The van der Waals surface area contributed by atoms with Gasteiger partial charge < -0.3 is 15.8 Å². The van der Waals surface area contributed by atoms with E-state index in [1.807, 2.05) is 31.2 Å². The predicted molar refractivity (Wildman–Crippen MR) is 68.7 cm³/mol. The largest absolute Gasteiger partial charge is 0.377 e. The summed E-state index contributed by atoms with van der Waals surface area (Å²) in [5.74, 6) is -0.000557. The van der Waals surface area contributed by atoms with E-state index in [2.05, 4.69) is 5.32 Å². The van der Waals surface area contributed by atoms with Crippen LogP contribution in [0.5, 0.6) is 0 Å². The minimum Gasteiger partial charge on any atom is -0.377 e. The molecule has 0 aliphatic rings. The van der Waals surface area contributed by atoms with Gasteiger partial charge in [-0.3, -0.25) is 4.79 Å². The number of carbonyl (C=O) groups is 1. The lowest BCUT2D eigenvalue weighted by Gasteiger charge is -2.10. The zero-order chi connectivity index (χ0) is 12.5. The van der Waals surface area contributed by atoms with E-state index in [4.69, 9.17) is 10.5 Å². The maximum absolute atomic E-state index is 11.6. The summed E-state index contributed by atoms with van der Waals surface area (Å²) in [7, 11) is 0. The molecule has 4 nitrogen and oxygen atoms in total. The highest BCUT2D eigenvalue weighted by Crippen LogP contribution is 2.16. The molecule has 4 heteroatoms. The van der Waals surface area contributed by atoms with E-state index in [0.717, 1.165) is 11.3 Å². The lowest BCUT2D eigenvalue weighted by Crippen LogP contribution is -2.14. The Morgan fingerprint density at radius 1 is 1.41 bits per heavy atom. The molecule has 3 N–H and O–H groups in total. The summed E-state index contributed by atoms with van der Waals surface area (Å²) >= 11 is 0. The summed E-state index contributed by atoms with van der Waals surface area (Å²) in [6, 6.07) is 7.67. The highest BCUT2D eigenvalue weighted by molar-refractivity contribution is 5.91. The van der Waals surface area contributed by atoms with E-state index >= 15 is 0 Å². The molecule has 0 saturated carbocycles. The fourth-order valence-corrected chi connectivity index (χ4v) is 1.46. The smallest absolute Gasteiger partial charge is 0.224 e. The van der Waals surface area contributed by atoms with Crippen molar-refractivity contribution in [1.82, 2.24) is 0 Å². The molecule has 1 amide bonds. The molecule has 0 unspecified atom stereocenters. The molecule has 1 rings (SSSR count). The Bertz CT molecular complexity index is 353. The van der Waals surface area contributed by atoms with Crippen LogP contribution in [0, 0.1) is 0 Å². The van der Waals surface area contributed by atoms with Crippen LogP contribution in [-0.2, 0) is 16.1 Å². The first-order valence-electron chi connectivity index (χ1n) is 5.93. The molecule has 1 aromatic carbocycles. The van der Waals surface area contributed by atoms with Gasteiger partial charge in [-0.2, -0.15) is 0 Å². The van der Waals surface area contributed by atoms with Gasteiger partial charge in [0.25, 0.3) is 0 Å². The Balaban J connectivity index is 2.59. The quantitative estimate of drug-likeness (QED) is 0.760. The van der Waals surface area contributed by atoms with Crippen LogP contribution in [0.15, 0.2) is 24.3 Å². The first-order chi connectivity index (χ1) is 8.27. The number of hydrogen-bond acceptors (Lipinski definition) is 3. The van der Waals surface area contributed by atoms with Gasteiger partial charge in [0, 0.05) is 24.3 Å². The SMILES string of the molecule is CCOCc1ccccc1NC(=O)CCCN. The molecule has 1 aromatic rings. The molecule has 0 aliphatic carbocycles. The van der Waals surface area contributed by atoms with Crippen LogP contribution in [0.3, 0.4) is 0 Å². The second-order valence-corrected chi connectivity index (χ2v) is 3.73. The van der Waals surface area contributed by atoms with Crippen molar-refractivity contribution in [1.29, 1.82) is 0 Å². The number of ether oxygens (including phenoxy) is 1. The number of para-hydroxylation sites is 1. The lowest BCUT2D eigenvalue weighted by molar-refractivity contribution is -0.116. The Hall–Kier alpha value is -1.39.